The molecule has 2 rings (SSSR count). The number of carbonyl (C=O) groups is 2. The Hall–Kier alpha value is -1.56. The third kappa shape index (κ3) is 7.32. The van der Waals surface area contributed by atoms with Crippen molar-refractivity contribution in [1.82, 2.24) is 10.2 Å². The van der Waals surface area contributed by atoms with Gasteiger partial charge in [0.25, 0.3) is 0 Å². The summed E-state index contributed by atoms with van der Waals surface area (Å²) in [6.45, 7) is 7.80. The lowest BCUT2D eigenvalue weighted by Gasteiger charge is -2.31. The minimum atomic E-state index is -0.631. The van der Waals surface area contributed by atoms with E-state index in [0.717, 1.165) is 15.6 Å². The minimum absolute atomic E-state index is 0.126. The Morgan fingerprint density at radius 3 is 2.17 bits per heavy atom. The van der Waals surface area contributed by atoms with Gasteiger partial charge < -0.3 is 10.2 Å². The lowest BCUT2D eigenvalue weighted by molar-refractivity contribution is -0.140. The number of benzene rings is 2. The number of hydrogen-bond acceptors (Lipinski definition) is 2. The molecule has 7 heteroatoms. The highest BCUT2D eigenvalue weighted by Crippen LogP contribution is 2.23. The summed E-state index contributed by atoms with van der Waals surface area (Å²) in [7, 11) is 0. The highest BCUT2D eigenvalue weighted by atomic mass is 79.9. The van der Waals surface area contributed by atoms with Crippen LogP contribution in [0, 0.1) is 0 Å². The van der Waals surface area contributed by atoms with Crippen molar-refractivity contribution in [2.45, 2.75) is 52.2 Å². The molecule has 0 heterocycles. The predicted molar refractivity (Wildman–Crippen MR) is 122 cm³/mol. The van der Waals surface area contributed by atoms with E-state index in [2.05, 4.69) is 21.2 Å². The highest BCUT2D eigenvalue weighted by Gasteiger charge is 2.28. The molecule has 29 heavy (non-hydrogen) atoms. The second kappa shape index (κ2) is 9.96. The number of carbonyl (C=O) groups excluding carboxylic acids is 2. The van der Waals surface area contributed by atoms with Crippen LogP contribution in [0.3, 0.4) is 0 Å². The molecule has 0 aliphatic rings. The van der Waals surface area contributed by atoms with Crippen molar-refractivity contribution in [2.75, 3.05) is 0 Å². The first kappa shape index (κ1) is 23.7. The summed E-state index contributed by atoms with van der Waals surface area (Å²) in [6.07, 6.45) is 0.126. The van der Waals surface area contributed by atoms with Crippen LogP contribution in [0.4, 0.5) is 0 Å². The van der Waals surface area contributed by atoms with Gasteiger partial charge in [-0.3, -0.25) is 9.59 Å². The molecule has 4 nitrogen and oxygen atoms in total. The van der Waals surface area contributed by atoms with Gasteiger partial charge in [0.15, 0.2) is 0 Å². The Labute approximate surface area is 190 Å². The van der Waals surface area contributed by atoms with E-state index in [1.807, 2.05) is 45.0 Å². The molecule has 0 bridgehead atoms. The molecule has 0 saturated carbocycles. The molecule has 2 amide bonds. The van der Waals surface area contributed by atoms with E-state index in [1.54, 1.807) is 30.0 Å². The number of rotatable bonds is 6. The molecular formula is C22H25BrCl2N2O2. The van der Waals surface area contributed by atoms with Crippen LogP contribution in [0.5, 0.6) is 0 Å². The number of nitrogens with one attached hydrogen (secondary N) is 1. The molecule has 0 spiro atoms. The molecule has 0 radical (unpaired) electrons. The first-order chi connectivity index (χ1) is 13.5. The summed E-state index contributed by atoms with van der Waals surface area (Å²) in [5.41, 5.74) is 1.29. The summed E-state index contributed by atoms with van der Waals surface area (Å²) in [5, 5.41) is 3.79. The van der Waals surface area contributed by atoms with E-state index >= 15 is 0 Å². The molecule has 0 fully saturated rings. The van der Waals surface area contributed by atoms with Crippen LogP contribution >= 0.6 is 39.1 Å². The largest absolute Gasteiger partial charge is 0.350 e. The molecule has 156 valence electrons. The van der Waals surface area contributed by atoms with Crippen molar-refractivity contribution in [3.8, 4) is 0 Å². The van der Waals surface area contributed by atoms with Crippen LogP contribution in [-0.4, -0.2) is 28.3 Å². The maximum atomic E-state index is 13.2. The van der Waals surface area contributed by atoms with Gasteiger partial charge in [0.05, 0.1) is 16.5 Å². The highest BCUT2D eigenvalue weighted by molar-refractivity contribution is 9.10. The molecule has 0 aliphatic carbocycles. The molecule has 0 aliphatic heterocycles. The van der Waals surface area contributed by atoms with Gasteiger partial charge in [0.2, 0.25) is 11.8 Å². The third-order valence-corrected chi connectivity index (χ3v) is 5.54. The number of halogens is 3. The normalized spacial score (nSPS) is 12.4. The smallest absolute Gasteiger partial charge is 0.242 e. The van der Waals surface area contributed by atoms with E-state index < -0.39 is 6.04 Å². The van der Waals surface area contributed by atoms with Gasteiger partial charge in [-0.05, 0) is 63.1 Å². The van der Waals surface area contributed by atoms with Crippen molar-refractivity contribution < 1.29 is 9.59 Å². The van der Waals surface area contributed by atoms with Crippen LogP contribution in [0.25, 0.3) is 0 Å². The van der Waals surface area contributed by atoms with Crippen molar-refractivity contribution in [3.63, 3.8) is 0 Å². The summed E-state index contributed by atoms with van der Waals surface area (Å²) >= 11 is 15.5. The Bertz CT molecular complexity index is 879. The first-order valence-corrected chi connectivity index (χ1v) is 10.8. The van der Waals surface area contributed by atoms with Crippen LogP contribution in [0.15, 0.2) is 46.9 Å². The quantitative estimate of drug-likeness (QED) is 0.559. The minimum Gasteiger partial charge on any atom is -0.350 e. The summed E-state index contributed by atoms with van der Waals surface area (Å²) in [6, 6.07) is 12.2. The van der Waals surface area contributed by atoms with Gasteiger partial charge in [-0.25, -0.2) is 0 Å². The Morgan fingerprint density at radius 1 is 1.03 bits per heavy atom. The van der Waals surface area contributed by atoms with Gasteiger partial charge in [-0.1, -0.05) is 57.3 Å². The first-order valence-electron chi connectivity index (χ1n) is 9.26. The van der Waals surface area contributed by atoms with Crippen LogP contribution in [0.2, 0.25) is 10.0 Å². The lowest BCUT2D eigenvalue weighted by atomic mass is 10.1. The van der Waals surface area contributed by atoms with Gasteiger partial charge in [0, 0.05) is 16.6 Å². The van der Waals surface area contributed by atoms with Crippen LogP contribution in [0.1, 0.15) is 38.8 Å². The average molecular weight is 500 g/mol. The number of amides is 2. The standard InChI is InChI=1S/C22H25BrCl2N2O2/c1-14(21(29)26-22(2,3)4)27(13-15-5-8-17(23)9-6-15)20(28)12-16-7-10-18(24)19(25)11-16/h5-11,14H,12-13H2,1-4H3,(H,26,29). The zero-order chi connectivity index (χ0) is 21.8. The molecule has 1 N–H and O–H groups in total. The monoisotopic (exact) mass is 498 g/mol. The van der Waals surface area contributed by atoms with Gasteiger partial charge in [0.1, 0.15) is 6.04 Å². The maximum absolute atomic E-state index is 13.2. The fourth-order valence-corrected chi connectivity index (χ4v) is 3.35. The zero-order valence-electron chi connectivity index (χ0n) is 16.9. The molecule has 2 aromatic rings. The summed E-state index contributed by atoms with van der Waals surface area (Å²) in [4.78, 5) is 27.5. The van der Waals surface area contributed by atoms with Crippen LogP contribution in [-0.2, 0) is 22.6 Å². The lowest BCUT2D eigenvalue weighted by Crippen LogP contribution is -2.52. The van der Waals surface area contributed by atoms with Gasteiger partial charge >= 0.3 is 0 Å². The zero-order valence-corrected chi connectivity index (χ0v) is 20.0. The Balaban J connectivity index is 2.26. The maximum Gasteiger partial charge on any atom is 0.242 e. The van der Waals surface area contributed by atoms with E-state index in [9.17, 15) is 9.59 Å². The van der Waals surface area contributed by atoms with Crippen molar-refractivity contribution in [2.24, 2.45) is 0 Å². The molecule has 0 saturated heterocycles. The van der Waals surface area contributed by atoms with E-state index in [4.69, 9.17) is 23.2 Å². The predicted octanol–water partition coefficient (Wildman–Crippen LogP) is 5.63. The number of nitrogens with zero attached hydrogens (tertiary/aromatic N) is 1. The molecule has 1 atom stereocenters. The summed E-state index contributed by atoms with van der Waals surface area (Å²) < 4.78 is 0.952. The summed E-state index contributed by atoms with van der Waals surface area (Å²) in [5.74, 6) is -0.361. The molecular weight excluding hydrogens is 475 g/mol. The Morgan fingerprint density at radius 2 is 1.62 bits per heavy atom. The van der Waals surface area contributed by atoms with Crippen molar-refractivity contribution >= 4 is 50.9 Å². The molecule has 0 aromatic heterocycles. The SMILES string of the molecule is CC(C(=O)NC(C)(C)C)N(Cc1ccc(Br)cc1)C(=O)Cc1ccc(Cl)c(Cl)c1. The van der Waals surface area contributed by atoms with E-state index in [0.29, 0.717) is 16.6 Å². The molecule has 1 unspecified atom stereocenters. The second-order valence-electron chi connectivity index (χ2n) is 7.99. The van der Waals surface area contributed by atoms with Crippen molar-refractivity contribution in [1.29, 1.82) is 0 Å². The number of hydrogen-bond donors (Lipinski definition) is 1. The third-order valence-electron chi connectivity index (χ3n) is 4.27. The Kier molecular flexibility index (Phi) is 8.15. The topological polar surface area (TPSA) is 49.4 Å². The van der Waals surface area contributed by atoms with Gasteiger partial charge in [-0.2, -0.15) is 0 Å². The second-order valence-corrected chi connectivity index (χ2v) is 9.72. The fourth-order valence-electron chi connectivity index (χ4n) is 2.77. The fraction of sp³-hybridized carbons (Fsp3) is 0.364. The molecule has 2 aromatic carbocycles. The van der Waals surface area contributed by atoms with E-state index in [-0.39, 0.29) is 23.8 Å². The average Bonchev–Trinajstić information content (AvgIpc) is 2.62. The van der Waals surface area contributed by atoms with Crippen LogP contribution < -0.4 is 5.32 Å². The van der Waals surface area contributed by atoms with E-state index in [1.165, 1.54) is 0 Å². The van der Waals surface area contributed by atoms with Gasteiger partial charge in [-0.15, -0.1) is 0 Å². The van der Waals surface area contributed by atoms with Crippen molar-refractivity contribution in [3.05, 3.63) is 68.1 Å².